The lowest BCUT2D eigenvalue weighted by Gasteiger charge is -2.69. The summed E-state index contributed by atoms with van der Waals surface area (Å²) in [6, 6.07) is 6.96. The second kappa shape index (κ2) is 12.9. The molecule has 5 fully saturated rings. The SMILES string of the molecule is CCCC1C23C=C4CCC2(C(=C(O)CC(C2CCCCC2)N2CC5CC(C2)C2CCC6=C(C4CC(C)C6)N2C5)OC3=O)C12OC(=O)c1c(CCCN)cccc12. The fraction of sp³-hybridized carbons (Fsp3) is 0.708. The lowest BCUT2D eigenvalue weighted by molar-refractivity contribution is -0.272. The largest absolute Gasteiger partial charge is 0.509 e. The van der Waals surface area contributed by atoms with Crippen molar-refractivity contribution in [2.24, 2.45) is 52.1 Å². The van der Waals surface area contributed by atoms with Crippen molar-refractivity contribution < 1.29 is 24.2 Å². The number of allylic oxidation sites excluding steroid dienone is 2. The van der Waals surface area contributed by atoms with Crippen molar-refractivity contribution in [3.8, 4) is 0 Å². The first-order chi connectivity index (χ1) is 27.3. The predicted octanol–water partition coefficient (Wildman–Crippen LogP) is 8.46. The smallest absolute Gasteiger partial charge is 0.339 e. The lowest BCUT2D eigenvalue weighted by Crippen LogP contribution is -2.75. The van der Waals surface area contributed by atoms with E-state index >= 15 is 4.79 Å². The monoisotopic (exact) mass is 761 g/mol. The van der Waals surface area contributed by atoms with Crippen molar-refractivity contribution in [3.63, 3.8) is 0 Å². The van der Waals surface area contributed by atoms with Gasteiger partial charge < -0.3 is 25.2 Å². The van der Waals surface area contributed by atoms with E-state index in [1.165, 1.54) is 63.4 Å². The molecule has 14 rings (SSSR count). The number of piperidine rings is 2. The van der Waals surface area contributed by atoms with Gasteiger partial charge in [-0.25, -0.2) is 4.79 Å². The van der Waals surface area contributed by atoms with Crippen molar-refractivity contribution in [2.75, 3.05) is 26.2 Å². The minimum Gasteiger partial charge on any atom is -0.509 e. The minimum absolute atomic E-state index is 0.190. The third kappa shape index (κ3) is 4.55. The summed E-state index contributed by atoms with van der Waals surface area (Å²) in [7, 11) is 0. The number of benzene rings is 1. The number of carbonyl (C=O) groups is 2. The highest BCUT2D eigenvalue weighted by Gasteiger charge is 2.91. The fourth-order valence-electron chi connectivity index (χ4n) is 15.7. The van der Waals surface area contributed by atoms with Crippen LogP contribution in [0.5, 0.6) is 0 Å². The summed E-state index contributed by atoms with van der Waals surface area (Å²) in [5.41, 5.74) is 10.1. The van der Waals surface area contributed by atoms with E-state index in [-0.39, 0.29) is 35.6 Å². The highest BCUT2D eigenvalue weighted by molar-refractivity contribution is 5.99. The van der Waals surface area contributed by atoms with E-state index in [1.807, 2.05) is 6.07 Å². The molecule has 0 amide bonds. The van der Waals surface area contributed by atoms with Crippen molar-refractivity contribution >= 4 is 11.9 Å². The Bertz CT molecular complexity index is 1940. The van der Waals surface area contributed by atoms with Gasteiger partial charge in [0.1, 0.15) is 11.2 Å². The molecule has 0 aromatic heterocycles. The molecule has 9 heterocycles. The van der Waals surface area contributed by atoms with Gasteiger partial charge in [-0.15, -0.1) is 0 Å². The zero-order valence-corrected chi connectivity index (χ0v) is 33.8. The van der Waals surface area contributed by atoms with Crippen LogP contribution in [0, 0.1) is 46.3 Å². The summed E-state index contributed by atoms with van der Waals surface area (Å²) >= 11 is 0. The minimum atomic E-state index is -1.10. The van der Waals surface area contributed by atoms with Gasteiger partial charge in [-0.1, -0.05) is 75.0 Å². The van der Waals surface area contributed by atoms with E-state index in [0.717, 1.165) is 62.9 Å². The zero-order chi connectivity index (χ0) is 38.1. The molecule has 11 unspecified atom stereocenters. The Kier molecular flexibility index (Phi) is 8.33. The van der Waals surface area contributed by atoms with Crippen LogP contribution >= 0.6 is 0 Å². The van der Waals surface area contributed by atoms with Crippen LogP contribution in [0.1, 0.15) is 138 Å². The van der Waals surface area contributed by atoms with Gasteiger partial charge >= 0.3 is 11.9 Å². The molecule has 8 heteroatoms. The van der Waals surface area contributed by atoms with Gasteiger partial charge in [0, 0.05) is 61.2 Å². The van der Waals surface area contributed by atoms with Gasteiger partial charge in [-0.3, -0.25) is 9.69 Å². The van der Waals surface area contributed by atoms with Crippen LogP contribution in [0.3, 0.4) is 0 Å². The van der Waals surface area contributed by atoms with Crippen LogP contribution < -0.4 is 5.73 Å². The second-order valence-corrected chi connectivity index (χ2v) is 20.2. The number of fused-ring (bicyclic) bond motifs is 2. The van der Waals surface area contributed by atoms with E-state index in [0.29, 0.717) is 66.8 Å². The molecule has 0 radical (unpaired) electrons. The topological polar surface area (TPSA) is 105 Å². The summed E-state index contributed by atoms with van der Waals surface area (Å²) in [6.07, 6.45) is 19.5. The van der Waals surface area contributed by atoms with Crippen LogP contribution in [-0.2, 0) is 26.3 Å². The van der Waals surface area contributed by atoms with Gasteiger partial charge in [-0.05, 0) is 113 Å². The van der Waals surface area contributed by atoms with Gasteiger partial charge in [0.2, 0.25) is 0 Å². The average molecular weight is 762 g/mol. The van der Waals surface area contributed by atoms with Crippen LogP contribution in [-0.4, -0.2) is 65.1 Å². The molecule has 2 saturated carbocycles. The normalized spacial score (nSPS) is 42.3. The fourth-order valence-corrected chi connectivity index (χ4v) is 15.7. The molecule has 8 nitrogen and oxygen atoms in total. The molecule has 4 aliphatic carbocycles. The summed E-state index contributed by atoms with van der Waals surface area (Å²) in [4.78, 5) is 35.5. The van der Waals surface area contributed by atoms with Crippen molar-refractivity contribution in [2.45, 2.75) is 141 Å². The number of aliphatic hydroxyl groups is 1. The number of aliphatic hydroxyl groups excluding tert-OH is 1. The summed E-state index contributed by atoms with van der Waals surface area (Å²) in [5, 5.41) is 12.9. The average Bonchev–Trinajstić information content (AvgIpc) is 3.66. The van der Waals surface area contributed by atoms with E-state index in [2.05, 4.69) is 41.9 Å². The summed E-state index contributed by atoms with van der Waals surface area (Å²) in [5.74, 6) is 2.44. The number of aryl methyl sites for hydroxylation is 1. The number of carbonyl (C=O) groups excluding carboxylic acids is 2. The maximum Gasteiger partial charge on any atom is 0.339 e. The number of hydrogen-bond acceptors (Lipinski definition) is 8. The van der Waals surface area contributed by atoms with Crippen LogP contribution in [0.2, 0.25) is 0 Å². The van der Waals surface area contributed by atoms with E-state index < -0.39 is 16.4 Å². The quantitative estimate of drug-likeness (QED) is 0.220. The van der Waals surface area contributed by atoms with Crippen LogP contribution in [0.25, 0.3) is 0 Å². The zero-order valence-electron chi connectivity index (χ0n) is 33.8. The first kappa shape index (κ1) is 36.0. The number of esters is 2. The third-order valence-electron chi connectivity index (χ3n) is 17.5. The lowest BCUT2D eigenvalue weighted by atomic mass is 9.31. The van der Waals surface area contributed by atoms with Crippen molar-refractivity contribution in [1.29, 1.82) is 0 Å². The Morgan fingerprint density at radius 3 is 2.66 bits per heavy atom. The first-order valence-electron chi connectivity index (χ1n) is 22.9. The number of nitrogens with two attached hydrogens (primary N) is 1. The van der Waals surface area contributed by atoms with E-state index in [9.17, 15) is 9.90 Å². The van der Waals surface area contributed by atoms with Gasteiger partial charge in [0.15, 0.2) is 11.4 Å². The highest BCUT2D eigenvalue weighted by atomic mass is 16.6. The Morgan fingerprint density at radius 1 is 0.982 bits per heavy atom. The maximum absolute atomic E-state index is 15.3. The molecule has 9 aliphatic heterocycles. The third-order valence-corrected chi connectivity index (χ3v) is 17.5. The molecule has 1 aromatic rings. The van der Waals surface area contributed by atoms with E-state index in [4.69, 9.17) is 15.2 Å². The molecule has 11 atom stereocenters. The molecule has 1 aromatic carbocycles. The van der Waals surface area contributed by atoms with Crippen LogP contribution in [0.4, 0.5) is 0 Å². The highest BCUT2D eigenvalue weighted by Crippen LogP contribution is 2.85. The number of ether oxygens (including phenoxy) is 2. The second-order valence-electron chi connectivity index (χ2n) is 20.2. The first-order valence-corrected chi connectivity index (χ1v) is 22.9. The molecule has 56 heavy (non-hydrogen) atoms. The molecule has 3 saturated heterocycles. The van der Waals surface area contributed by atoms with Gasteiger partial charge in [-0.2, -0.15) is 0 Å². The molecule has 300 valence electrons. The Balaban J connectivity index is 1.16. The molecule has 3 N–H and O–H groups in total. The number of hydrogen-bond donors (Lipinski definition) is 2. The predicted molar refractivity (Wildman–Crippen MR) is 214 cm³/mol. The number of nitrogens with zero attached hydrogens (tertiary/aromatic N) is 2. The molecule has 13 aliphatic rings. The maximum atomic E-state index is 15.3. The van der Waals surface area contributed by atoms with Gasteiger partial charge in [0.25, 0.3) is 0 Å². The number of rotatable bonds is 6. The Morgan fingerprint density at radius 2 is 1.84 bits per heavy atom. The standard InChI is InChI=1S/C48H63N3O5/c1-3-9-40-46-24-33-17-18-47(46,48(40)36-14-7-12-31(13-8-19-49)41(36)44(53)56-48)43(55-45(46)54)39(52)23-38(30-10-5-4-6-11-30)50-25-29-22-34(27-50)37-16-15-32-20-28(2)21-35(33)42(32)51(37)26-29/h7,12,14,24,28-30,34-35,37-38,40,52H,3-6,8-11,13,15-23,25-27,49H2,1-2H3. The van der Waals surface area contributed by atoms with Crippen LogP contribution in [0.15, 0.2) is 52.6 Å². The Labute approximate surface area is 333 Å². The van der Waals surface area contributed by atoms with E-state index in [1.54, 1.807) is 11.3 Å². The van der Waals surface area contributed by atoms with Gasteiger partial charge in [0.05, 0.1) is 11.0 Å². The summed E-state index contributed by atoms with van der Waals surface area (Å²) in [6.45, 7) is 8.45. The molecule has 10 bridgehead atoms. The molecule has 2 spiro atoms. The van der Waals surface area contributed by atoms with Crippen molar-refractivity contribution in [3.05, 3.63) is 69.3 Å². The molecular formula is C48H63N3O5. The van der Waals surface area contributed by atoms with Crippen molar-refractivity contribution in [1.82, 2.24) is 9.80 Å². The Hall–Kier alpha value is -3.10. The summed E-state index contributed by atoms with van der Waals surface area (Å²) < 4.78 is 13.7. The molecular weight excluding hydrogens is 699 g/mol.